The van der Waals surface area contributed by atoms with Crippen molar-refractivity contribution in [2.75, 3.05) is 6.54 Å². The molecule has 6 N–H and O–H groups in total. The lowest BCUT2D eigenvalue weighted by Gasteiger charge is -2.31. The summed E-state index contributed by atoms with van der Waals surface area (Å²) >= 11 is 0. The highest BCUT2D eigenvalue weighted by atomic mass is 19.4. The van der Waals surface area contributed by atoms with Gasteiger partial charge in [0.2, 0.25) is 0 Å². The summed E-state index contributed by atoms with van der Waals surface area (Å²) in [4.78, 5) is 20.1. The number of rotatable bonds is 10. The topological polar surface area (TPSA) is 125 Å². The largest absolute Gasteiger partial charge is 0.416 e. The van der Waals surface area contributed by atoms with Crippen LogP contribution in [-0.4, -0.2) is 39.0 Å². The fraction of sp³-hybridized carbons (Fsp3) is 0.424. The smallest absolute Gasteiger partial charge is 0.374 e. The monoisotopic (exact) mass is 625 g/mol. The summed E-state index contributed by atoms with van der Waals surface area (Å²) in [6.45, 7) is 4.26. The number of nitrogens with one attached hydrogen (secondary N) is 4. The number of piperidine rings is 1. The summed E-state index contributed by atoms with van der Waals surface area (Å²) < 4.78 is 57.7. The summed E-state index contributed by atoms with van der Waals surface area (Å²) in [5, 5.41) is 14.8. The number of halogens is 4. The minimum absolute atomic E-state index is 0.0114. The SMILES string of the molecule is CC(=N)NCC[C@@H]1CCC[C@@H](c2ccc(-n3cc4cc(-c5cc(CCC[C@H](C)N)c(C(F)(F)F)cc5F)[nH]c4nc3=O)cc2)N1. The van der Waals surface area contributed by atoms with E-state index in [-0.39, 0.29) is 41.0 Å². The minimum atomic E-state index is -4.70. The number of benzene rings is 2. The molecule has 0 saturated carbocycles. The molecule has 5 rings (SSSR count). The highest BCUT2D eigenvalue weighted by Gasteiger charge is 2.34. The molecule has 1 fully saturated rings. The predicted molar refractivity (Wildman–Crippen MR) is 168 cm³/mol. The van der Waals surface area contributed by atoms with E-state index < -0.39 is 23.2 Å². The molecule has 1 aliphatic heterocycles. The molecular formula is C33H39F4N7O. The van der Waals surface area contributed by atoms with Gasteiger partial charge in [-0.1, -0.05) is 18.6 Å². The number of amidine groups is 1. The Kier molecular flexibility index (Phi) is 9.73. The van der Waals surface area contributed by atoms with Crippen molar-refractivity contribution in [2.24, 2.45) is 5.73 Å². The number of aromatic nitrogens is 3. The highest BCUT2D eigenvalue weighted by Crippen LogP contribution is 2.37. The molecular weight excluding hydrogens is 586 g/mol. The van der Waals surface area contributed by atoms with Crippen LogP contribution >= 0.6 is 0 Å². The lowest BCUT2D eigenvalue weighted by molar-refractivity contribution is -0.138. The zero-order valence-electron chi connectivity index (χ0n) is 25.4. The van der Waals surface area contributed by atoms with Crippen LogP contribution in [0.4, 0.5) is 17.6 Å². The molecule has 45 heavy (non-hydrogen) atoms. The van der Waals surface area contributed by atoms with Crippen LogP contribution in [0.15, 0.2) is 53.5 Å². The number of H-pyrrole nitrogens is 1. The van der Waals surface area contributed by atoms with Crippen molar-refractivity contribution in [3.05, 3.63) is 81.7 Å². The van der Waals surface area contributed by atoms with Gasteiger partial charge in [-0.25, -0.2) is 9.18 Å². The van der Waals surface area contributed by atoms with Crippen molar-refractivity contribution in [2.45, 2.75) is 83.1 Å². The van der Waals surface area contributed by atoms with E-state index in [1.54, 1.807) is 26.1 Å². The van der Waals surface area contributed by atoms with Gasteiger partial charge in [0.05, 0.1) is 22.8 Å². The van der Waals surface area contributed by atoms with Crippen molar-refractivity contribution in [3.63, 3.8) is 0 Å². The van der Waals surface area contributed by atoms with Gasteiger partial charge in [0, 0.05) is 41.8 Å². The van der Waals surface area contributed by atoms with E-state index in [0.29, 0.717) is 41.9 Å². The van der Waals surface area contributed by atoms with Gasteiger partial charge in [-0.05, 0) is 93.8 Å². The average molecular weight is 626 g/mol. The highest BCUT2D eigenvalue weighted by molar-refractivity contribution is 5.83. The molecule has 0 aliphatic carbocycles. The normalized spacial score (nSPS) is 17.8. The first-order chi connectivity index (χ1) is 21.4. The van der Waals surface area contributed by atoms with Gasteiger partial charge in [0.25, 0.3) is 0 Å². The molecule has 1 saturated heterocycles. The van der Waals surface area contributed by atoms with Crippen molar-refractivity contribution >= 4 is 16.9 Å². The van der Waals surface area contributed by atoms with E-state index in [9.17, 15) is 18.0 Å². The fourth-order valence-corrected chi connectivity index (χ4v) is 6.05. The van der Waals surface area contributed by atoms with E-state index in [1.807, 2.05) is 24.3 Å². The zero-order valence-corrected chi connectivity index (χ0v) is 25.4. The van der Waals surface area contributed by atoms with Crippen LogP contribution in [0.5, 0.6) is 0 Å². The first-order valence-electron chi connectivity index (χ1n) is 15.3. The van der Waals surface area contributed by atoms with Gasteiger partial charge in [-0.2, -0.15) is 18.2 Å². The Balaban J connectivity index is 1.38. The number of aryl methyl sites for hydroxylation is 1. The molecule has 2 aromatic carbocycles. The quantitative estimate of drug-likeness (QED) is 0.0796. The Morgan fingerprint density at radius 3 is 2.64 bits per heavy atom. The maximum absolute atomic E-state index is 15.1. The van der Waals surface area contributed by atoms with Gasteiger partial charge >= 0.3 is 11.9 Å². The van der Waals surface area contributed by atoms with Crippen LogP contribution < -0.4 is 22.1 Å². The molecule has 0 radical (unpaired) electrons. The molecule has 2 aromatic heterocycles. The zero-order chi connectivity index (χ0) is 32.3. The van der Waals surface area contributed by atoms with Crippen molar-refractivity contribution in [3.8, 4) is 16.9 Å². The third-order valence-corrected chi connectivity index (χ3v) is 8.34. The Morgan fingerprint density at radius 2 is 1.96 bits per heavy atom. The number of nitrogens with zero attached hydrogens (tertiary/aromatic N) is 2. The van der Waals surface area contributed by atoms with Crippen LogP contribution in [0.3, 0.4) is 0 Å². The summed E-state index contributed by atoms with van der Waals surface area (Å²) in [7, 11) is 0. The fourth-order valence-electron chi connectivity index (χ4n) is 6.05. The Hall–Kier alpha value is -4.03. The van der Waals surface area contributed by atoms with Gasteiger partial charge < -0.3 is 21.4 Å². The number of fused-ring (bicyclic) bond motifs is 1. The van der Waals surface area contributed by atoms with E-state index in [0.717, 1.165) is 37.8 Å². The number of aromatic amines is 1. The van der Waals surface area contributed by atoms with Crippen LogP contribution in [-0.2, 0) is 12.6 Å². The molecule has 12 heteroatoms. The molecule has 3 heterocycles. The second-order valence-corrected chi connectivity index (χ2v) is 12.0. The van der Waals surface area contributed by atoms with E-state index in [4.69, 9.17) is 11.1 Å². The van der Waals surface area contributed by atoms with E-state index in [2.05, 4.69) is 20.6 Å². The van der Waals surface area contributed by atoms with Crippen LogP contribution in [0, 0.1) is 11.2 Å². The van der Waals surface area contributed by atoms with Gasteiger partial charge in [0.1, 0.15) is 11.5 Å². The molecule has 0 unspecified atom stereocenters. The minimum Gasteiger partial charge on any atom is -0.374 e. The van der Waals surface area contributed by atoms with Crippen LogP contribution in [0.2, 0.25) is 0 Å². The third kappa shape index (κ3) is 7.80. The molecule has 4 aromatic rings. The summed E-state index contributed by atoms with van der Waals surface area (Å²) in [6, 6.07) is 11.4. The number of hydrogen-bond acceptors (Lipinski definition) is 5. The first kappa shape index (κ1) is 32.4. The second kappa shape index (κ2) is 13.5. The van der Waals surface area contributed by atoms with E-state index >= 15 is 4.39 Å². The van der Waals surface area contributed by atoms with Gasteiger partial charge in [-0.15, -0.1) is 0 Å². The molecule has 0 spiro atoms. The lowest BCUT2D eigenvalue weighted by atomic mass is 9.92. The first-order valence-corrected chi connectivity index (χ1v) is 15.3. The standard InChI is InChI=1S/C33H39F4N7O/c1-19(38)5-3-6-22-15-26(28(34)17-27(22)33(35,36)37)30-16-23-18-44(32(45)43-31(23)42-30)25-11-9-21(10-12-25)29-8-4-7-24(41-29)13-14-40-20(2)39/h9-12,15-19,24,29,41H,3-8,13-14,38H2,1-2H3,(H2,39,40)(H,42,43,45)/t19-,24-,29-/m0/s1. The lowest BCUT2D eigenvalue weighted by Crippen LogP contribution is -2.39. The maximum atomic E-state index is 15.1. The van der Waals surface area contributed by atoms with Crippen molar-refractivity contribution < 1.29 is 17.6 Å². The molecule has 240 valence electrons. The van der Waals surface area contributed by atoms with Crippen LogP contribution in [0.25, 0.3) is 28.0 Å². The summed E-state index contributed by atoms with van der Waals surface area (Å²) in [6.07, 6.45) is 2.07. The van der Waals surface area contributed by atoms with E-state index in [1.165, 1.54) is 10.6 Å². The van der Waals surface area contributed by atoms with Crippen LogP contribution in [0.1, 0.15) is 75.1 Å². The molecule has 3 atom stereocenters. The molecule has 0 amide bonds. The van der Waals surface area contributed by atoms with Crippen molar-refractivity contribution in [1.29, 1.82) is 5.41 Å². The Morgan fingerprint density at radius 1 is 1.20 bits per heavy atom. The van der Waals surface area contributed by atoms with Gasteiger partial charge in [-0.3, -0.25) is 9.98 Å². The Labute approximate surface area is 259 Å². The number of nitrogens with two attached hydrogens (primary N) is 1. The molecule has 8 nitrogen and oxygen atoms in total. The summed E-state index contributed by atoms with van der Waals surface area (Å²) in [5.74, 6) is -0.559. The summed E-state index contributed by atoms with van der Waals surface area (Å²) in [5.41, 5.74) is 6.35. The molecule has 1 aliphatic rings. The van der Waals surface area contributed by atoms with Gasteiger partial charge in [0.15, 0.2) is 0 Å². The third-order valence-electron chi connectivity index (χ3n) is 8.34. The number of hydrogen-bond donors (Lipinski definition) is 5. The Bertz CT molecular complexity index is 1710. The maximum Gasteiger partial charge on any atom is 0.416 e. The second-order valence-electron chi connectivity index (χ2n) is 12.0. The van der Waals surface area contributed by atoms with Crippen molar-refractivity contribution in [1.82, 2.24) is 25.2 Å². The number of alkyl halides is 3. The molecule has 0 bridgehead atoms. The average Bonchev–Trinajstić information content (AvgIpc) is 3.39. The predicted octanol–water partition coefficient (Wildman–Crippen LogP) is 6.37.